The summed E-state index contributed by atoms with van der Waals surface area (Å²) in [5.41, 5.74) is 6.12. The first-order valence-corrected chi connectivity index (χ1v) is 19.5. The van der Waals surface area contributed by atoms with Crippen LogP contribution in [0.3, 0.4) is 0 Å². The number of aryl methyl sites for hydroxylation is 2. The smallest absolute Gasteiger partial charge is 0.246 e. The van der Waals surface area contributed by atoms with Crippen LogP contribution in [0.5, 0.6) is 5.75 Å². The highest BCUT2D eigenvalue weighted by molar-refractivity contribution is 7.87. The average Bonchev–Trinajstić information content (AvgIpc) is 3.98. The van der Waals surface area contributed by atoms with Gasteiger partial charge in [-0.2, -0.15) is 0 Å². The van der Waals surface area contributed by atoms with Crippen molar-refractivity contribution in [1.29, 1.82) is 0 Å². The number of anilines is 1. The monoisotopic (exact) mass is 700 g/mol. The second kappa shape index (κ2) is 14.0. The molecule has 3 unspecified atom stereocenters. The molecular formula is C37H44N6O4S2. The molecule has 0 saturated carbocycles. The van der Waals surface area contributed by atoms with Crippen LogP contribution in [0.2, 0.25) is 0 Å². The number of allylic oxidation sites excluding steroid dienone is 3. The van der Waals surface area contributed by atoms with Crippen molar-refractivity contribution in [3.05, 3.63) is 80.6 Å². The fourth-order valence-corrected chi connectivity index (χ4v) is 11.3. The third kappa shape index (κ3) is 6.11. The summed E-state index contributed by atoms with van der Waals surface area (Å²) in [6.45, 7) is 4.35. The summed E-state index contributed by atoms with van der Waals surface area (Å²) >= 11 is 1.71. The van der Waals surface area contributed by atoms with Gasteiger partial charge in [-0.1, -0.05) is 12.1 Å². The fraction of sp³-hybridized carbons (Fsp3) is 0.486. The van der Waals surface area contributed by atoms with Gasteiger partial charge < -0.3 is 24.5 Å². The van der Waals surface area contributed by atoms with E-state index in [-0.39, 0.29) is 12.0 Å². The lowest BCUT2D eigenvalue weighted by Crippen LogP contribution is -2.31. The van der Waals surface area contributed by atoms with Gasteiger partial charge in [0.25, 0.3) is 0 Å². The quantitative estimate of drug-likeness (QED) is 0.213. The van der Waals surface area contributed by atoms with Gasteiger partial charge in [0.05, 0.1) is 28.7 Å². The Morgan fingerprint density at radius 2 is 2.02 bits per heavy atom. The first-order valence-electron chi connectivity index (χ1n) is 17.6. The Morgan fingerprint density at radius 1 is 1.14 bits per heavy atom. The number of fused-ring (bicyclic) bond motifs is 4. The van der Waals surface area contributed by atoms with Crippen LogP contribution in [0.1, 0.15) is 78.6 Å². The molecule has 2 saturated heterocycles. The minimum Gasteiger partial charge on any atom is -0.496 e. The second-order valence-corrected chi connectivity index (χ2v) is 15.9. The number of aromatic nitrogens is 3. The van der Waals surface area contributed by atoms with E-state index in [1.54, 1.807) is 18.4 Å². The van der Waals surface area contributed by atoms with Crippen molar-refractivity contribution in [3.8, 4) is 5.75 Å². The second-order valence-electron chi connectivity index (χ2n) is 13.4. The summed E-state index contributed by atoms with van der Waals surface area (Å²) in [6, 6.07) is 10.8. The molecule has 9 rings (SSSR count). The molecule has 7 heterocycles. The summed E-state index contributed by atoms with van der Waals surface area (Å²) < 4.78 is 34.3. The molecule has 10 nitrogen and oxygen atoms in total. The Labute approximate surface area is 294 Å². The van der Waals surface area contributed by atoms with E-state index < -0.39 is 11.0 Å². The lowest BCUT2D eigenvalue weighted by Gasteiger charge is -2.31. The van der Waals surface area contributed by atoms with Gasteiger partial charge in [-0.15, -0.1) is 21.5 Å². The van der Waals surface area contributed by atoms with E-state index in [0.717, 1.165) is 107 Å². The largest absolute Gasteiger partial charge is 0.496 e. The normalized spacial score (nSPS) is 23.6. The van der Waals surface area contributed by atoms with Crippen LogP contribution in [-0.4, -0.2) is 63.7 Å². The fourth-order valence-electron chi connectivity index (χ4n) is 8.14. The van der Waals surface area contributed by atoms with E-state index in [0.29, 0.717) is 17.7 Å². The zero-order valence-corrected chi connectivity index (χ0v) is 30.1. The highest BCUT2D eigenvalue weighted by atomic mass is 32.2. The van der Waals surface area contributed by atoms with Crippen LogP contribution < -0.4 is 15.4 Å². The summed E-state index contributed by atoms with van der Waals surface area (Å²) in [6.07, 6.45) is 11.8. The molecule has 0 amide bonds. The predicted molar refractivity (Wildman–Crippen MR) is 194 cm³/mol. The van der Waals surface area contributed by atoms with Crippen molar-refractivity contribution in [2.45, 2.75) is 76.7 Å². The zero-order chi connectivity index (χ0) is 33.5. The van der Waals surface area contributed by atoms with E-state index in [2.05, 4.69) is 48.3 Å². The van der Waals surface area contributed by atoms with E-state index in [1.165, 1.54) is 30.4 Å². The van der Waals surface area contributed by atoms with Crippen LogP contribution in [0, 0.1) is 12.8 Å². The summed E-state index contributed by atoms with van der Waals surface area (Å²) in [5.74, 6) is 3.38. The third-order valence-electron chi connectivity index (χ3n) is 10.6. The number of nitrogens with zero attached hydrogens (tertiary/aromatic N) is 4. The SMILES string of the molecule is CNc1nccc2cc(C3C(c4nnc(C)o4)=C(CCC4CCOCC4)NC4=C3S(=O)N3CCCC43)sc12.COc1cccc2c1CCC2. The summed E-state index contributed by atoms with van der Waals surface area (Å²) in [7, 11) is 2.41. The van der Waals surface area contributed by atoms with E-state index in [1.807, 2.05) is 32.3 Å². The lowest BCUT2D eigenvalue weighted by atomic mass is 9.86. The number of benzene rings is 1. The lowest BCUT2D eigenvalue weighted by molar-refractivity contribution is 0.0639. The molecule has 0 radical (unpaired) electrons. The molecule has 4 aromatic rings. The maximum Gasteiger partial charge on any atom is 0.246 e. The van der Waals surface area contributed by atoms with E-state index in [9.17, 15) is 4.21 Å². The van der Waals surface area contributed by atoms with Gasteiger partial charge in [-0.3, -0.25) is 0 Å². The number of hydrogen-bond acceptors (Lipinski definition) is 10. The van der Waals surface area contributed by atoms with Gasteiger partial charge in [0.2, 0.25) is 11.8 Å². The number of hydrogen-bond donors (Lipinski definition) is 2. The molecular weight excluding hydrogens is 657 g/mol. The highest BCUT2D eigenvalue weighted by Gasteiger charge is 2.49. The summed E-state index contributed by atoms with van der Waals surface area (Å²) in [4.78, 5) is 6.60. The van der Waals surface area contributed by atoms with Crippen molar-refractivity contribution < 1.29 is 18.1 Å². The molecule has 258 valence electrons. The number of thiophene rings is 1. The minimum atomic E-state index is -1.23. The molecule has 2 N–H and O–H groups in total. The van der Waals surface area contributed by atoms with Crippen LogP contribution in [-0.2, 0) is 28.6 Å². The molecule has 3 aromatic heterocycles. The van der Waals surface area contributed by atoms with Gasteiger partial charge in [0.1, 0.15) is 22.6 Å². The molecule has 1 aromatic carbocycles. The van der Waals surface area contributed by atoms with Crippen LogP contribution in [0.4, 0.5) is 5.82 Å². The van der Waals surface area contributed by atoms with E-state index >= 15 is 0 Å². The van der Waals surface area contributed by atoms with Crippen LogP contribution in [0.25, 0.3) is 15.7 Å². The predicted octanol–water partition coefficient (Wildman–Crippen LogP) is 6.87. The van der Waals surface area contributed by atoms with Crippen molar-refractivity contribution in [2.24, 2.45) is 5.92 Å². The number of rotatable bonds is 7. The first kappa shape index (κ1) is 32.6. The number of pyridine rings is 1. The van der Waals surface area contributed by atoms with Crippen molar-refractivity contribution >= 4 is 43.8 Å². The van der Waals surface area contributed by atoms with Gasteiger partial charge in [0.15, 0.2) is 0 Å². The van der Waals surface area contributed by atoms with Gasteiger partial charge in [-0.25, -0.2) is 13.5 Å². The van der Waals surface area contributed by atoms with Crippen molar-refractivity contribution in [1.82, 2.24) is 24.8 Å². The van der Waals surface area contributed by atoms with Gasteiger partial charge in [-0.05, 0) is 98.4 Å². The zero-order valence-electron chi connectivity index (χ0n) is 28.4. The molecule has 2 fully saturated rings. The molecule has 4 aliphatic heterocycles. The number of ether oxygens (including phenoxy) is 2. The Hall–Kier alpha value is -3.58. The highest BCUT2D eigenvalue weighted by Crippen LogP contribution is 2.53. The Kier molecular flexibility index (Phi) is 9.30. The molecule has 12 heteroatoms. The van der Waals surface area contributed by atoms with Crippen molar-refractivity contribution in [2.75, 3.05) is 39.2 Å². The number of methoxy groups -OCH3 is 1. The van der Waals surface area contributed by atoms with E-state index in [4.69, 9.17) is 13.9 Å². The van der Waals surface area contributed by atoms with Gasteiger partial charge in [0, 0.05) is 61.8 Å². The maximum atomic E-state index is 14.1. The molecule has 1 aliphatic carbocycles. The van der Waals surface area contributed by atoms with Crippen molar-refractivity contribution in [3.63, 3.8) is 0 Å². The Morgan fingerprint density at radius 3 is 2.82 bits per heavy atom. The Bertz CT molecular complexity index is 1940. The van der Waals surface area contributed by atoms with Gasteiger partial charge >= 0.3 is 0 Å². The van der Waals surface area contributed by atoms with Crippen LogP contribution >= 0.6 is 11.3 Å². The van der Waals surface area contributed by atoms with Crippen LogP contribution in [0.15, 0.2) is 57.2 Å². The molecule has 3 atom stereocenters. The third-order valence-corrected chi connectivity index (χ3v) is 13.5. The first-order chi connectivity index (χ1) is 24.0. The molecule has 5 aliphatic rings. The average molecular weight is 701 g/mol. The Balaban J connectivity index is 0.000000269. The number of dihydropyridines is 1. The number of nitrogens with one attached hydrogen (secondary N) is 2. The standard InChI is InChI=1S/C27H32N6O3S2.C10H12O/c1-15-31-32-27(36-15)21-18(6-5-16-8-12-35-13-9-16)30-23-19-4-3-11-33(19)38(34)25(23)22(21)20-14-17-7-10-29-26(28-2)24(17)37-20;1-11-10-7-3-5-8-4-2-6-9(8)10/h7,10,14,16,19,22,30H,3-6,8-9,11-13H2,1-2H3,(H,28,29);3,5,7H,2,4,6H2,1H3. The molecule has 0 bridgehead atoms. The molecule has 49 heavy (non-hydrogen) atoms. The minimum absolute atomic E-state index is 0.168. The maximum absolute atomic E-state index is 14.1. The molecule has 0 spiro atoms. The topological polar surface area (TPSA) is 115 Å². The summed E-state index contributed by atoms with van der Waals surface area (Å²) in [5, 5.41) is 16.9.